The number of aliphatic imine (C=N–C) groups is 1. The van der Waals surface area contributed by atoms with Crippen LogP contribution in [-0.4, -0.2) is 20.5 Å². The highest BCUT2D eigenvalue weighted by molar-refractivity contribution is 5.90. The Morgan fingerprint density at radius 1 is 0.900 bits per heavy atom. The van der Waals surface area contributed by atoms with Crippen LogP contribution in [0.15, 0.2) is 96.1 Å². The van der Waals surface area contributed by atoms with Crippen LogP contribution in [0.5, 0.6) is 0 Å². The van der Waals surface area contributed by atoms with E-state index in [1.165, 1.54) is 12.1 Å². The summed E-state index contributed by atoms with van der Waals surface area (Å²) in [5.74, 6) is 0.674. The number of fused-ring (bicyclic) bond motifs is 2. The summed E-state index contributed by atoms with van der Waals surface area (Å²) in [4.78, 5) is 20.1. The largest absolute Gasteiger partial charge is 0.284 e. The van der Waals surface area contributed by atoms with Crippen molar-refractivity contribution in [2.24, 2.45) is 4.99 Å². The maximum atomic E-state index is 11.1. The summed E-state index contributed by atoms with van der Waals surface area (Å²) in [7, 11) is 0. The molecule has 0 radical (unpaired) electrons. The average molecular weight is 392 g/mol. The summed E-state index contributed by atoms with van der Waals surface area (Å²) in [6.07, 6.45) is 3.54. The van der Waals surface area contributed by atoms with Crippen LogP contribution in [0.25, 0.3) is 27.7 Å². The summed E-state index contributed by atoms with van der Waals surface area (Å²) >= 11 is 0. The molecule has 0 atom stereocenters. The predicted molar refractivity (Wildman–Crippen MR) is 118 cm³/mol. The summed E-state index contributed by atoms with van der Waals surface area (Å²) in [6, 6.07) is 26.6. The molecule has 6 nitrogen and oxygen atoms in total. The van der Waals surface area contributed by atoms with Gasteiger partial charge in [0.1, 0.15) is 11.3 Å². The van der Waals surface area contributed by atoms with Crippen molar-refractivity contribution in [1.82, 2.24) is 9.38 Å². The quantitative estimate of drug-likeness (QED) is 0.220. The molecule has 0 aliphatic heterocycles. The molecule has 0 unspecified atom stereocenters. The first-order valence-electron chi connectivity index (χ1n) is 9.44. The van der Waals surface area contributed by atoms with Gasteiger partial charge < -0.3 is 0 Å². The Kier molecular flexibility index (Phi) is 4.29. The number of rotatable bonds is 4. The molecule has 0 bridgehead atoms. The number of non-ortho nitro benzene ring substituents is 1. The van der Waals surface area contributed by atoms with E-state index in [4.69, 9.17) is 4.98 Å². The van der Waals surface area contributed by atoms with Gasteiger partial charge in [0.2, 0.25) is 0 Å². The molecule has 0 saturated carbocycles. The van der Waals surface area contributed by atoms with E-state index in [0.717, 1.165) is 27.7 Å². The van der Waals surface area contributed by atoms with E-state index in [9.17, 15) is 10.1 Å². The predicted octanol–water partition coefficient (Wildman–Crippen LogP) is 5.81. The number of nitro groups is 1. The molecule has 30 heavy (non-hydrogen) atoms. The molecule has 5 rings (SSSR count). The molecule has 0 N–H and O–H groups in total. The number of pyridine rings is 1. The molecular weight excluding hydrogens is 376 g/mol. The maximum absolute atomic E-state index is 11.1. The lowest BCUT2D eigenvalue weighted by Gasteiger charge is -2.03. The topological polar surface area (TPSA) is 72.8 Å². The molecule has 0 amide bonds. The third-order valence-corrected chi connectivity index (χ3v) is 4.94. The molecule has 2 heterocycles. The number of benzene rings is 3. The number of hydrogen-bond donors (Lipinski definition) is 0. The molecular formula is C24H16N4O2. The van der Waals surface area contributed by atoms with Gasteiger partial charge in [-0.05, 0) is 34.5 Å². The van der Waals surface area contributed by atoms with Crippen molar-refractivity contribution in [3.63, 3.8) is 0 Å². The van der Waals surface area contributed by atoms with Crippen LogP contribution in [-0.2, 0) is 0 Å². The Balaban J connectivity index is 1.65. The van der Waals surface area contributed by atoms with E-state index in [2.05, 4.69) is 29.3 Å². The zero-order valence-electron chi connectivity index (χ0n) is 15.8. The molecule has 0 saturated heterocycles. The number of imidazole rings is 1. The first-order chi connectivity index (χ1) is 14.7. The molecule has 3 aromatic carbocycles. The number of nitrogens with zero attached hydrogens (tertiary/aromatic N) is 4. The van der Waals surface area contributed by atoms with Gasteiger partial charge in [-0.15, -0.1) is 0 Å². The standard InChI is InChI=1S/C24H16N4O2/c29-28(30)21-9-5-6-17(14-21)16-25-24-23(26-22-10-3-4-13-27(22)24)20-12-11-18-7-1-2-8-19(18)15-20/h1-16H. The summed E-state index contributed by atoms with van der Waals surface area (Å²) in [5, 5.41) is 13.3. The summed E-state index contributed by atoms with van der Waals surface area (Å²) < 4.78 is 1.92. The molecule has 0 aliphatic rings. The fraction of sp³-hybridized carbons (Fsp3) is 0. The molecule has 0 fully saturated rings. The zero-order chi connectivity index (χ0) is 20.5. The Morgan fingerprint density at radius 3 is 2.60 bits per heavy atom. The lowest BCUT2D eigenvalue weighted by molar-refractivity contribution is -0.384. The molecule has 6 heteroatoms. The number of hydrogen-bond acceptors (Lipinski definition) is 4. The Bertz CT molecular complexity index is 1440. The van der Waals surface area contributed by atoms with E-state index in [1.54, 1.807) is 18.3 Å². The van der Waals surface area contributed by atoms with E-state index in [0.29, 0.717) is 11.4 Å². The first-order valence-corrected chi connectivity index (χ1v) is 9.44. The lowest BCUT2D eigenvalue weighted by Crippen LogP contribution is -1.90. The van der Waals surface area contributed by atoms with Gasteiger partial charge >= 0.3 is 0 Å². The van der Waals surface area contributed by atoms with E-state index >= 15 is 0 Å². The van der Waals surface area contributed by atoms with E-state index in [-0.39, 0.29) is 5.69 Å². The first kappa shape index (κ1) is 17.8. The molecule has 0 aliphatic carbocycles. The Morgan fingerprint density at radius 2 is 1.73 bits per heavy atom. The minimum atomic E-state index is -0.411. The molecule has 5 aromatic rings. The van der Waals surface area contributed by atoms with Crippen molar-refractivity contribution in [2.45, 2.75) is 0 Å². The second-order valence-electron chi connectivity index (χ2n) is 6.89. The third-order valence-electron chi connectivity index (χ3n) is 4.94. The normalized spacial score (nSPS) is 11.5. The molecule has 144 valence electrons. The third kappa shape index (κ3) is 3.20. The van der Waals surface area contributed by atoms with Crippen molar-refractivity contribution >= 4 is 34.1 Å². The van der Waals surface area contributed by atoms with Crippen LogP contribution in [0.2, 0.25) is 0 Å². The smallest absolute Gasteiger partial charge is 0.270 e. The maximum Gasteiger partial charge on any atom is 0.270 e. The monoisotopic (exact) mass is 392 g/mol. The van der Waals surface area contributed by atoms with Crippen molar-refractivity contribution < 1.29 is 4.92 Å². The molecule has 2 aromatic heterocycles. The van der Waals surface area contributed by atoms with E-state index in [1.807, 2.05) is 47.0 Å². The minimum absolute atomic E-state index is 0.0341. The van der Waals surface area contributed by atoms with Crippen LogP contribution in [0.3, 0.4) is 0 Å². The second kappa shape index (κ2) is 7.25. The van der Waals surface area contributed by atoms with Crippen LogP contribution in [0.4, 0.5) is 11.5 Å². The van der Waals surface area contributed by atoms with Gasteiger partial charge in [-0.25, -0.2) is 9.98 Å². The van der Waals surface area contributed by atoms with Crippen molar-refractivity contribution in [3.05, 3.63) is 107 Å². The summed E-state index contributed by atoms with van der Waals surface area (Å²) in [5.41, 5.74) is 3.19. The van der Waals surface area contributed by atoms with Crippen LogP contribution >= 0.6 is 0 Å². The highest BCUT2D eigenvalue weighted by Gasteiger charge is 2.14. The second-order valence-corrected chi connectivity index (χ2v) is 6.89. The van der Waals surface area contributed by atoms with Crippen LogP contribution in [0, 0.1) is 10.1 Å². The highest BCUT2D eigenvalue weighted by Crippen LogP contribution is 2.32. The van der Waals surface area contributed by atoms with Gasteiger partial charge in [0.05, 0.1) is 4.92 Å². The molecule has 0 spiro atoms. The van der Waals surface area contributed by atoms with Crippen molar-refractivity contribution in [2.75, 3.05) is 0 Å². The SMILES string of the molecule is O=[N+]([O-])c1cccc(C=Nc2c(-c3ccc4ccccc4c3)nc3ccccn23)c1. The van der Waals surface area contributed by atoms with Crippen molar-refractivity contribution in [1.29, 1.82) is 0 Å². The fourth-order valence-electron chi connectivity index (χ4n) is 3.49. The van der Waals surface area contributed by atoms with Crippen LogP contribution < -0.4 is 0 Å². The van der Waals surface area contributed by atoms with Crippen molar-refractivity contribution in [3.8, 4) is 11.3 Å². The Hall–Kier alpha value is -4.32. The van der Waals surface area contributed by atoms with E-state index < -0.39 is 4.92 Å². The fourth-order valence-corrected chi connectivity index (χ4v) is 3.49. The van der Waals surface area contributed by atoms with Gasteiger partial charge in [0.15, 0.2) is 5.82 Å². The lowest BCUT2D eigenvalue weighted by atomic mass is 10.1. The van der Waals surface area contributed by atoms with Gasteiger partial charge in [-0.2, -0.15) is 0 Å². The number of aromatic nitrogens is 2. The van der Waals surface area contributed by atoms with Crippen LogP contribution in [0.1, 0.15) is 5.56 Å². The zero-order valence-corrected chi connectivity index (χ0v) is 15.8. The van der Waals surface area contributed by atoms with Gasteiger partial charge in [-0.3, -0.25) is 14.5 Å². The average Bonchev–Trinajstić information content (AvgIpc) is 3.16. The van der Waals surface area contributed by atoms with Gasteiger partial charge in [0.25, 0.3) is 5.69 Å². The summed E-state index contributed by atoms with van der Waals surface area (Å²) in [6.45, 7) is 0. The van der Waals surface area contributed by atoms with Gasteiger partial charge in [0, 0.05) is 30.1 Å². The van der Waals surface area contributed by atoms with Gasteiger partial charge in [-0.1, -0.05) is 54.6 Å². The number of nitro benzene ring substituents is 1. The Labute approximate surface area is 171 Å². The highest BCUT2D eigenvalue weighted by atomic mass is 16.6. The minimum Gasteiger partial charge on any atom is -0.284 e.